The van der Waals surface area contributed by atoms with E-state index in [4.69, 9.17) is 9.47 Å². The van der Waals surface area contributed by atoms with Gasteiger partial charge in [-0.1, -0.05) is 18.2 Å². The van der Waals surface area contributed by atoms with E-state index < -0.39 is 40.7 Å². The Labute approximate surface area is 200 Å². The number of hydrogen-bond donors (Lipinski definition) is 1. The summed E-state index contributed by atoms with van der Waals surface area (Å²) in [6.45, 7) is 0. The van der Waals surface area contributed by atoms with Gasteiger partial charge in [0, 0.05) is 22.6 Å². The molecule has 9 heteroatoms. The van der Waals surface area contributed by atoms with E-state index in [0.717, 1.165) is 23.6 Å². The molecule has 0 radical (unpaired) electrons. The van der Waals surface area contributed by atoms with Gasteiger partial charge in [-0.25, -0.2) is 13.2 Å². The molecule has 0 bridgehead atoms. The van der Waals surface area contributed by atoms with Crippen LogP contribution in [0.15, 0.2) is 65.2 Å². The lowest BCUT2D eigenvalue weighted by Gasteiger charge is -2.26. The summed E-state index contributed by atoms with van der Waals surface area (Å²) >= 11 is 0. The van der Waals surface area contributed by atoms with Crippen molar-refractivity contribution in [3.63, 3.8) is 0 Å². The number of rotatable bonds is 2. The molecule has 0 aliphatic carbocycles. The number of carbonyl (C=O) groups excluding carboxylic acids is 2. The van der Waals surface area contributed by atoms with Gasteiger partial charge in [0.1, 0.15) is 11.5 Å². The first-order valence-electron chi connectivity index (χ1n) is 10.9. The second-order valence-electron chi connectivity index (χ2n) is 8.46. The molecule has 0 spiro atoms. The van der Waals surface area contributed by atoms with Crippen LogP contribution in [0.3, 0.4) is 0 Å². The van der Waals surface area contributed by atoms with E-state index in [2.05, 4.69) is 4.98 Å². The molecule has 2 aliphatic rings. The molecule has 3 aromatic carbocycles. The Morgan fingerprint density at radius 3 is 2.44 bits per heavy atom. The largest absolute Gasteiger partial charge is 0.452 e. The predicted octanol–water partition coefficient (Wildman–Crippen LogP) is 5.00. The maximum atomic E-state index is 13.7. The van der Waals surface area contributed by atoms with E-state index in [0.29, 0.717) is 11.1 Å². The summed E-state index contributed by atoms with van der Waals surface area (Å²) < 4.78 is 51.9. The van der Waals surface area contributed by atoms with Crippen molar-refractivity contribution in [3.8, 4) is 11.5 Å². The molecular formula is C27H14F3NO5. The number of aromatic nitrogens is 1. The number of aromatic amines is 1. The van der Waals surface area contributed by atoms with Crippen molar-refractivity contribution in [1.82, 2.24) is 4.98 Å². The Morgan fingerprint density at radius 1 is 0.917 bits per heavy atom. The lowest BCUT2D eigenvalue weighted by molar-refractivity contribution is -0.135. The number of halogens is 3. The number of ketones is 1. The van der Waals surface area contributed by atoms with Crippen LogP contribution in [-0.2, 0) is 4.79 Å². The van der Waals surface area contributed by atoms with E-state index in [1.165, 1.54) is 12.1 Å². The Kier molecular flexibility index (Phi) is 4.82. The molecule has 1 aromatic heterocycles. The summed E-state index contributed by atoms with van der Waals surface area (Å²) in [5.74, 6) is -6.41. The highest BCUT2D eigenvalue weighted by atomic mass is 19.2. The quantitative estimate of drug-likeness (QED) is 0.185. The van der Waals surface area contributed by atoms with Crippen molar-refractivity contribution in [1.29, 1.82) is 0 Å². The molecule has 1 N–H and O–H groups in total. The minimum absolute atomic E-state index is 0.0804. The number of H-pyrrole nitrogens is 1. The van der Waals surface area contributed by atoms with Gasteiger partial charge in [-0.3, -0.25) is 14.4 Å². The van der Waals surface area contributed by atoms with Crippen molar-refractivity contribution in [2.45, 2.75) is 12.3 Å². The molecule has 4 aromatic rings. The highest BCUT2D eigenvalue weighted by Gasteiger charge is 2.39. The lowest BCUT2D eigenvalue weighted by atomic mass is 9.85. The fourth-order valence-electron chi connectivity index (χ4n) is 4.60. The number of ether oxygens (including phenoxy) is 2. The lowest BCUT2D eigenvalue weighted by Crippen LogP contribution is -2.26. The molecule has 0 saturated carbocycles. The molecule has 36 heavy (non-hydrogen) atoms. The van der Waals surface area contributed by atoms with E-state index >= 15 is 0 Å². The first-order valence-corrected chi connectivity index (χ1v) is 10.9. The molecule has 1 atom stereocenters. The molecule has 3 heterocycles. The van der Waals surface area contributed by atoms with Gasteiger partial charge in [-0.15, -0.1) is 0 Å². The average molecular weight is 489 g/mol. The molecule has 178 valence electrons. The highest BCUT2D eigenvalue weighted by molar-refractivity contribution is 6.15. The van der Waals surface area contributed by atoms with Crippen LogP contribution in [0.5, 0.6) is 11.5 Å². The van der Waals surface area contributed by atoms with Crippen LogP contribution in [0.2, 0.25) is 0 Å². The van der Waals surface area contributed by atoms with E-state index in [9.17, 15) is 27.6 Å². The molecule has 2 aliphatic heterocycles. The molecular weight excluding hydrogens is 475 g/mol. The van der Waals surface area contributed by atoms with Gasteiger partial charge < -0.3 is 14.5 Å². The SMILES string of the molecule is O=C1C[C@@H](c2cc3ccccc3[nH]c2=O)c2c(ccc3c2O/C(=C\c2cc(F)c(F)c(F)c2)C3=O)O1. The molecule has 0 fully saturated rings. The van der Waals surface area contributed by atoms with E-state index in [1.54, 1.807) is 18.2 Å². The normalized spacial score (nSPS) is 17.6. The van der Waals surface area contributed by atoms with Gasteiger partial charge in [-0.05, 0) is 53.4 Å². The van der Waals surface area contributed by atoms with Crippen LogP contribution in [0.25, 0.3) is 17.0 Å². The smallest absolute Gasteiger partial charge is 0.312 e. The fourth-order valence-corrected chi connectivity index (χ4v) is 4.60. The molecule has 6 rings (SSSR count). The van der Waals surface area contributed by atoms with E-state index in [1.807, 2.05) is 12.1 Å². The standard InChI is InChI=1S/C27H14F3NO5/c28-17-7-12(8-18(29)24(17)30)9-21-25(33)14-5-6-20-23(26(14)36-21)15(11-22(32)35-20)16-10-13-3-1-2-4-19(13)31-27(16)34/h1-10,15H,11H2,(H,31,34)/b21-9-/t15-/m0/s1. The Morgan fingerprint density at radius 2 is 1.67 bits per heavy atom. The van der Waals surface area contributed by atoms with Crippen LogP contribution < -0.4 is 15.0 Å². The zero-order chi connectivity index (χ0) is 25.1. The predicted molar refractivity (Wildman–Crippen MR) is 122 cm³/mol. The van der Waals surface area contributed by atoms with Crippen molar-refractivity contribution >= 4 is 28.7 Å². The third-order valence-electron chi connectivity index (χ3n) is 6.24. The summed E-state index contributed by atoms with van der Waals surface area (Å²) in [6, 6.07) is 13.2. The number of benzene rings is 3. The van der Waals surface area contributed by atoms with Crippen LogP contribution in [0, 0.1) is 17.5 Å². The molecule has 0 unspecified atom stereocenters. The second-order valence-corrected chi connectivity index (χ2v) is 8.46. The van der Waals surface area contributed by atoms with Gasteiger partial charge >= 0.3 is 5.97 Å². The summed E-state index contributed by atoms with van der Waals surface area (Å²) in [6.07, 6.45) is 0.920. The summed E-state index contributed by atoms with van der Waals surface area (Å²) in [5.41, 5.74) is 0.846. The van der Waals surface area contributed by atoms with Gasteiger partial charge in [-0.2, -0.15) is 0 Å². The minimum atomic E-state index is -1.63. The van der Waals surface area contributed by atoms with Crippen molar-refractivity contribution in [2.24, 2.45) is 0 Å². The number of nitrogens with one attached hydrogen (secondary N) is 1. The Hall–Kier alpha value is -4.66. The maximum Gasteiger partial charge on any atom is 0.312 e. The third kappa shape index (κ3) is 3.39. The summed E-state index contributed by atoms with van der Waals surface area (Å²) in [4.78, 5) is 41.2. The fraction of sp³-hybridized carbons (Fsp3) is 0.0741. The number of para-hydroxylation sites is 1. The van der Waals surface area contributed by atoms with Gasteiger partial charge in [0.15, 0.2) is 23.2 Å². The number of Topliss-reactive ketones (excluding diaryl/α,β-unsaturated/α-hetero) is 1. The van der Waals surface area contributed by atoms with Crippen molar-refractivity contribution < 1.29 is 32.2 Å². The Balaban J connectivity index is 1.49. The number of pyridine rings is 1. The zero-order valence-electron chi connectivity index (χ0n) is 18.2. The van der Waals surface area contributed by atoms with Crippen molar-refractivity contribution in [3.05, 3.63) is 110 Å². The molecule has 6 nitrogen and oxygen atoms in total. The van der Waals surface area contributed by atoms with Gasteiger partial charge in [0.05, 0.1) is 12.0 Å². The first-order chi connectivity index (χ1) is 17.3. The minimum Gasteiger partial charge on any atom is -0.452 e. The second kappa shape index (κ2) is 7.94. The number of esters is 1. The van der Waals surface area contributed by atoms with Gasteiger partial charge in [0.25, 0.3) is 5.56 Å². The monoisotopic (exact) mass is 489 g/mol. The number of fused-ring (bicyclic) bond motifs is 4. The number of hydrogen-bond acceptors (Lipinski definition) is 5. The molecule has 0 amide bonds. The number of carbonyl (C=O) groups is 2. The van der Waals surface area contributed by atoms with Crippen LogP contribution in [0.4, 0.5) is 13.2 Å². The van der Waals surface area contributed by atoms with Gasteiger partial charge in [0.2, 0.25) is 5.78 Å². The topological polar surface area (TPSA) is 85.5 Å². The average Bonchev–Trinajstić information content (AvgIpc) is 3.16. The van der Waals surface area contributed by atoms with Crippen molar-refractivity contribution in [2.75, 3.05) is 0 Å². The summed E-state index contributed by atoms with van der Waals surface area (Å²) in [5, 5.41) is 0.748. The van der Waals surface area contributed by atoms with Crippen LogP contribution in [-0.4, -0.2) is 16.7 Å². The third-order valence-corrected chi connectivity index (χ3v) is 6.24. The van der Waals surface area contributed by atoms with Crippen LogP contribution in [0.1, 0.15) is 39.4 Å². The highest BCUT2D eigenvalue weighted by Crippen LogP contribution is 2.48. The van der Waals surface area contributed by atoms with E-state index in [-0.39, 0.29) is 40.4 Å². The molecule has 0 saturated heterocycles. The maximum absolute atomic E-state index is 13.7. The number of allylic oxidation sites excluding steroid dienone is 1. The Bertz CT molecular complexity index is 1700. The summed E-state index contributed by atoms with van der Waals surface area (Å²) in [7, 11) is 0. The zero-order valence-corrected chi connectivity index (χ0v) is 18.2. The first kappa shape index (κ1) is 21.8. The van der Waals surface area contributed by atoms with Crippen LogP contribution >= 0.6 is 0 Å².